The minimum atomic E-state index is -0.465. The van der Waals surface area contributed by atoms with Crippen LogP contribution in [0.2, 0.25) is 0 Å². The van der Waals surface area contributed by atoms with Gasteiger partial charge < -0.3 is 19.7 Å². The number of nitrogens with one attached hydrogen (secondary N) is 1. The van der Waals surface area contributed by atoms with Crippen LogP contribution in [0.5, 0.6) is 0 Å². The number of likely N-dealkylation sites (tertiary alicyclic amines) is 1. The van der Waals surface area contributed by atoms with Gasteiger partial charge in [-0.25, -0.2) is 9.97 Å². The fraction of sp³-hybridized carbons (Fsp3) is 0.688. The second kappa shape index (κ2) is 6.05. The van der Waals surface area contributed by atoms with Crippen molar-refractivity contribution in [3.63, 3.8) is 0 Å². The molecule has 0 aliphatic carbocycles. The summed E-state index contributed by atoms with van der Waals surface area (Å²) >= 11 is 0. The lowest BCUT2D eigenvalue weighted by Gasteiger charge is -2.37. The number of piperidine rings is 1. The van der Waals surface area contributed by atoms with Crippen molar-refractivity contribution in [3.05, 3.63) is 18.0 Å². The molecule has 1 aromatic rings. The van der Waals surface area contributed by atoms with E-state index in [1.807, 2.05) is 25.7 Å². The zero-order valence-corrected chi connectivity index (χ0v) is 14.0. The van der Waals surface area contributed by atoms with Gasteiger partial charge in [0, 0.05) is 43.9 Å². The summed E-state index contributed by atoms with van der Waals surface area (Å²) < 4.78 is 11.4. The zero-order chi connectivity index (χ0) is 16.5. The lowest BCUT2D eigenvalue weighted by Crippen LogP contribution is -2.47. The molecule has 0 saturated carbocycles. The second-order valence-corrected chi connectivity index (χ2v) is 7.07. The Kier molecular flexibility index (Phi) is 4.25. The van der Waals surface area contributed by atoms with E-state index in [4.69, 9.17) is 9.47 Å². The maximum atomic E-state index is 12.5. The van der Waals surface area contributed by atoms with Crippen molar-refractivity contribution in [2.24, 2.45) is 0 Å². The molecule has 2 saturated heterocycles. The Hall–Kier alpha value is -1.73. The van der Waals surface area contributed by atoms with Crippen LogP contribution < -0.4 is 5.32 Å². The Morgan fingerprint density at radius 1 is 1.17 bits per heavy atom. The molecule has 23 heavy (non-hydrogen) atoms. The van der Waals surface area contributed by atoms with E-state index < -0.39 is 5.79 Å². The first kappa shape index (κ1) is 16.1. The van der Waals surface area contributed by atoms with Crippen LogP contribution in [0, 0.1) is 0 Å². The summed E-state index contributed by atoms with van der Waals surface area (Å²) in [7, 11) is 0. The molecule has 0 radical (unpaired) electrons. The van der Waals surface area contributed by atoms with E-state index >= 15 is 0 Å². The molecule has 7 heteroatoms. The second-order valence-electron chi connectivity index (χ2n) is 7.07. The molecule has 0 aromatic carbocycles. The zero-order valence-electron chi connectivity index (χ0n) is 14.0. The van der Waals surface area contributed by atoms with Gasteiger partial charge in [0.15, 0.2) is 5.79 Å². The maximum Gasteiger partial charge on any atom is 0.256 e. The molecule has 0 atom stereocenters. The van der Waals surface area contributed by atoms with Gasteiger partial charge in [-0.15, -0.1) is 0 Å². The molecule has 2 aliphatic heterocycles. The Morgan fingerprint density at radius 2 is 1.74 bits per heavy atom. The van der Waals surface area contributed by atoms with Crippen LogP contribution in [0.3, 0.4) is 0 Å². The summed E-state index contributed by atoms with van der Waals surface area (Å²) in [6.45, 7) is 8.64. The van der Waals surface area contributed by atoms with Gasteiger partial charge in [0.25, 0.3) is 5.91 Å². The highest BCUT2D eigenvalue weighted by atomic mass is 16.7. The highest BCUT2D eigenvalue weighted by molar-refractivity contribution is 5.93. The minimum Gasteiger partial charge on any atom is -0.350 e. The molecule has 126 valence electrons. The van der Waals surface area contributed by atoms with Gasteiger partial charge in [-0.2, -0.15) is 0 Å². The van der Waals surface area contributed by atoms with Crippen molar-refractivity contribution < 1.29 is 14.3 Å². The third-order valence-electron chi connectivity index (χ3n) is 4.01. The van der Waals surface area contributed by atoms with Gasteiger partial charge in [-0.05, 0) is 20.8 Å². The first-order valence-corrected chi connectivity index (χ1v) is 8.04. The number of ether oxygens (including phenoxy) is 2. The SMILES string of the molecule is CC(C)(C)Nc1ncc(C(=O)N2CCC3(CC2)OCCO3)cn1. The highest BCUT2D eigenvalue weighted by Gasteiger charge is 2.40. The molecule has 3 rings (SSSR count). The molecular weight excluding hydrogens is 296 g/mol. The number of amides is 1. The number of rotatable bonds is 2. The Balaban J connectivity index is 1.60. The van der Waals surface area contributed by atoms with E-state index in [9.17, 15) is 4.79 Å². The molecule has 1 aromatic heterocycles. The predicted octanol–water partition coefficient (Wildman–Crippen LogP) is 1.67. The summed E-state index contributed by atoms with van der Waals surface area (Å²) in [5.41, 5.74) is 0.391. The number of aromatic nitrogens is 2. The van der Waals surface area contributed by atoms with Gasteiger partial charge >= 0.3 is 0 Å². The van der Waals surface area contributed by atoms with Crippen molar-refractivity contribution in [3.8, 4) is 0 Å². The Labute approximate surface area is 136 Å². The standard InChI is InChI=1S/C16H24N4O3/c1-15(2,3)19-14-17-10-12(11-18-14)13(21)20-6-4-16(5-7-20)22-8-9-23-16/h10-11H,4-9H2,1-3H3,(H,17,18,19). The first-order chi connectivity index (χ1) is 10.9. The average molecular weight is 320 g/mol. The predicted molar refractivity (Wildman–Crippen MR) is 85.2 cm³/mol. The number of carbonyl (C=O) groups is 1. The van der Waals surface area contributed by atoms with Gasteiger partial charge in [0.05, 0.1) is 18.8 Å². The normalized spacial score (nSPS) is 20.7. The van der Waals surface area contributed by atoms with Crippen molar-refractivity contribution in [2.45, 2.75) is 44.9 Å². The van der Waals surface area contributed by atoms with Crippen molar-refractivity contribution in [1.82, 2.24) is 14.9 Å². The van der Waals surface area contributed by atoms with Gasteiger partial charge in [0.1, 0.15) is 0 Å². The van der Waals surface area contributed by atoms with E-state index in [0.29, 0.717) is 50.7 Å². The quantitative estimate of drug-likeness (QED) is 0.893. The molecule has 3 heterocycles. The molecular formula is C16H24N4O3. The molecule has 1 amide bonds. The summed E-state index contributed by atoms with van der Waals surface area (Å²) in [6.07, 6.45) is 4.58. The topological polar surface area (TPSA) is 76.6 Å². The van der Waals surface area contributed by atoms with Crippen LogP contribution in [0.15, 0.2) is 12.4 Å². The van der Waals surface area contributed by atoms with Crippen LogP contribution in [-0.2, 0) is 9.47 Å². The first-order valence-electron chi connectivity index (χ1n) is 8.04. The Morgan fingerprint density at radius 3 is 2.26 bits per heavy atom. The fourth-order valence-corrected chi connectivity index (χ4v) is 2.86. The molecule has 2 fully saturated rings. The van der Waals surface area contributed by atoms with Crippen molar-refractivity contribution in [1.29, 1.82) is 0 Å². The van der Waals surface area contributed by atoms with E-state index in [2.05, 4.69) is 15.3 Å². The van der Waals surface area contributed by atoms with E-state index in [0.717, 1.165) is 0 Å². The lowest BCUT2D eigenvalue weighted by molar-refractivity contribution is -0.181. The number of hydrogen-bond acceptors (Lipinski definition) is 6. The van der Waals surface area contributed by atoms with Crippen molar-refractivity contribution in [2.75, 3.05) is 31.6 Å². The van der Waals surface area contributed by atoms with Gasteiger partial charge in [-0.1, -0.05) is 0 Å². The lowest BCUT2D eigenvalue weighted by atomic mass is 10.0. The number of hydrogen-bond donors (Lipinski definition) is 1. The van der Waals surface area contributed by atoms with Crippen LogP contribution in [-0.4, -0.2) is 58.4 Å². The maximum absolute atomic E-state index is 12.5. The number of nitrogens with zero attached hydrogens (tertiary/aromatic N) is 3. The smallest absolute Gasteiger partial charge is 0.256 e. The van der Waals surface area contributed by atoms with Crippen LogP contribution in [0.25, 0.3) is 0 Å². The average Bonchev–Trinajstić information content (AvgIpc) is 2.95. The van der Waals surface area contributed by atoms with Gasteiger partial charge in [0.2, 0.25) is 5.95 Å². The Bertz CT molecular complexity index is 552. The molecule has 0 unspecified atom stereocenters. The fourth-order valence-electron chi connectivity index (χ4n) is 2.86. The third kappa shape index (κ3) is 3.79. The molecule has 0 bridgehead atoms. The van der Waals surface area contributed by atoms with E-state index in [1.165, 1.54) is 0 Å². The van der Waals surface area contributed by atoms with E-state index in [1.54, 1.807) is 12.4 Å². The molecule has 7 nitrogen and oxygen atoms in total. The number of anilines is 1. The summed E-state index contributed by atoms with van der Waals surface area (Å²) in [5.74, 6) is 0.0212. The van der Waals surface area contributed by atoms with Gasteiger partial charge in [-0.3, -0.25) is 4.79 Å². The third-order valence-corrected chi connectivity index (χ3v) is 4.01. The highest BCUT2D eigenvalue weighted by Crippen LogP contribution is 2.31. The molecule has 1 spiro atoms. The summed E-state index contributed by atoms with van der Waals surface area (Å²) in [5, 5.41) is 3.18. The van der Waals surface area contributed by atoms with Crippen LogP contribution >= 0.6 is 0 Å². The van der Waals surface area contributed by atoms with Crippen LogP contribution in [0.4, 0.5) is 5.95 Å². The van der Waals surface area contributed by atoms with Crippen molar-refractivity contribution >= 4 is 11.9 Å². The number of carbonyl (C=O) groups excluding carboxylic acids is 1. The van der Waals surface area contributed by atoms with E-state index in [-0.39, 0.29) is 11.4 Å². The van der Waals surface area contributed by atoms with Crippen LogP contribution in [0.1, 0.15) is 44.0 Å². The summed E-state index contributed by atoms with van der Waals surface area (Å²) in [4.78, 5) is 22.8. The molecule has 1 N–H and O–H groups in total. The minimum absolute atomic E-state index is 0.0415. The summed E-state index contributed by atoms with van der Waals surface area (Å²) in [6, 6.07) is 0. The largest absolute Gasteiger partial charge is 0.350 e. The molecule has 2 aliphatic rings. The monoisotopic (exact) mass is 320 g/mol.